The van der Waals surface area contributed by atoms with Gasteiger partial charge in [-0.2, -0.15) is 0 Å². The predicted octanol–water partition coefficient (Wildman–Crippen LogP) is 0.767. The first kappa shape index (κ1) is 23.6. The van der Waals surface area contributed by atoms with Gasteiger partial charge in [0.1, 0.15) is 42.5 Å². The lowest BCUT2D eigenvalue weighted by Crippen LogP contribution is -2.60. The van der Waals surface area contributed by atoms with Gasteiger partial charge in [-0.1, -0.05) is 0 Å². The largest absolute Gasteiger partial charge is 0.508 e. The number of benzene rings is 2. The summed E-state index contributed by atoms with van der Waals surface area (Å²) in [5.74, 6) is -0.458. The zero-order valence-corrected chi connectivity index (χ0v) is 17.8. The molecule has 0 saturated carbocycles. The van der Waals surface area contributed by atoms with Crippen LogP contribution in [0.1, 0.15) is 21.5 Å². The second kappa shape index (κ2) is 9.61. The molecule has 1 aliphatic heterocycles. The van der Waals surface area contributed by atoms with Gasteiger partial charge >= 0.3 is 5.97 Å². The number of ether oxygens (including phenoxy) is 4. The average Bonchev–Trinajstić information content (AvgIpc) is 2.76. The zero-order chi connectivity index (χ0) is 23.6. The Morgan fingerprint density at radius 3 is 2.34 bits per heavy atom. The SMILES string of the molecule is COc1cc(C(=O)OC[C@H]2O[C@@H](Oc3cc(C)c(O)cc3C)[C@H](O)[C@@H](O)[C@@H]2O)ccc1O. The third kappa shape index (κ3) is 4.89. The topological polar surface area (TPSA) is 155 Å². The quantitative estimate of drug-likeness (QED) is 0.399. The first-order chi connectivity index (χ1) is 15.1. The molecule has 1 fully saturated rings. The molecule has 0 amide bonds. The summed E-state index contributed by atoms with van der Waals surface area (Å²) in [5, 5.41) is 50.2. The van der Waals surface area contributed by atoms with E-state index >= 15 is 0 Å². The van der Waals surface area contributed by atoms with Gasteiger partial charge in [0.25, 0.3) is 0 Å². The second-order valence-corrected chi connectivity index (χ2v) is 7.52. The third-order valence-corrected chi connectivity index (χ3v) is 5.20. The number of phenols is 2. The summed E-state index contributed by atoms with van der Waals surface area (Å²) in [6.07, 6.45) is -7.31. The minimum absolute atomic E-state index is 0.0751. The Kier molecular flexibility index (Phi) is 7.09. The predicted molar refractivity (Wildman–Crippen MR) is 110 cm³/mol. The molecular formula is C22H26O10. The number of hydrogen-bond acceptors (Lipinski definition) is 10. The van der Waals surface area contributed by atoms with E-state index in [0.29, 0.717) is 16.9 Å². The van der Waals surface area contributed by atoms with Crippen LogP contribution in [-0.4, -0.2) is 75.9 Å². The first-order valence-corrected chi connectivity index (χ1v) is 9.83. The van der Waals surface area contributed by atoms with Crippen molar-refractivity contribution in [3.8, 4) is 23.0 Å². The number of rotatable bonds is 6. The maximum atomic E-state index is 12.3. The summed E-state index contributed by atoms with van der Waals surface area (Å²) in [4.78, 5) is 12.3. The Bertz CT molecular complexity index is 975. The molecule has 5 N–H and O–H groups in total. The fourth-order valence-corrected chi connectivity index (χ4v) is 3.22. The van der Waals surface area contributed by atoms with Crippen molar-refractivity contribution in [3.05, 3.63) is 47.0 Å². The number of phenolic OH excluding ortho intramolecular Hbond substituents is 2. The van der Waals surface area contributed by atoms with Gasteiger partial charge in [-0.15, -0.1) is 0 Å². The van der Waals surface area contributed by atoms with Crippen LogP contribution in [0, 0.1) is 13.8 Å². The molecule has 0 aromatic heterocycles. The van der Waals surface area contributed by atoms with Gasteiger partial charge in [-0.05, 0) is 55.3 Å². The normalized spacial score (nSPS) is 25.2. The molecule has 32 heavy (non-hydrogen) atoms. The monoisotopic (exact) mass is 450 g/mol. The fraction of sp³-hybridized carbons (Fsp3) is 0.409. The number of aromatic hydroxyl groups is 2. The summed E-state index contributed by atoms with van der Waals surface area (Å²) in [5.41, 5.74) is 1.19. The van der Waals surface area contributed by atoms with Crippen molar-refractivity contribution in [2.75, 3.05) is 13.7 Å². The average molecular weight is 450 g/mol. The van der Waals surface area contributed by atoms with Crippen LogP contribution in [0.2, 0.25) is 0 Å². The minimum atomic E-state index is -1.62. The molecule has 0 radical (unpaired) electrons. The smallest absolute Gasteiger partial charge is 0.338 e. The minimum Gasteiger partial charge on any atom is -0.508 e. The summed E-state index contributed by atoms with van der Waals surface area (Å²) in [7, 11) is 1.33. The molecule has 1 saturated heterocycles. The van der Waals surface area contributed by atoms with E-state index in [1.807, 2.05) is 0 Å². The standard InChI is InChI=1S/C22H26O10/c1-10-7-15(11(2)6-14(10)24)31-22-20(27)19(26)18(25)17(32-22)9-30-21(28)12-4-5-13(23)16(8-12)29-3/h4-8,17-20,22-27H,9H2,1-3H3/t17-,18-,19+,20-,22-/m1/s1. The van der Waals surface area contributed by atoms with E-state index in [1.54, 1.807) is 19.9 Å². The zero-order valence-electron chi connectivity index (χ0n) is 17.8. The molecule has 174 valence electrons. The lowest BCUT2D eigenvalue weighted by molar-refractivity contribution is -0.277. The first-order valence-electron chi connectivity index (χ1n) is 9.83. The molecule has 0 spiro atoms. The number of methoxy groups -OCH3 is 1. The van der Waals surface area contributed by atoms with Crippen molar-refractivity contribution >= 4 is 5.97 Å². The van der Waals surface area contributed by atoms with Gasteiger partial charge in [-0.25, -0.2) is 4.79 Å². The van der Waals surface area contributed by atoms with E-state index in [0.717, 1.165) is 0 Å². The Morgan fingerprint density at radius 1 is 0.938 bits per heavy atom. The molecule has 10 nitrogen and oxygen atoms in total. The van der Waals surface area contributed by atoms with Crippen LogP contribution >= 0.6 is 0 Å². The Hall–Kier alpha value is -3.05. The molecule has 1 aliphatic rings. The van der Waals surface area contributed by atoms with Gasteiger partial charge in [0.15, 0.2) is 11.5 Å². The molecule has 2 aromatic rings. The number of aliphatic hydroxyl groups is 3. The van der Waals surface area contributed by atoms with Gasteiger partial charge in [0.05, 0.1) is 12.7 Å². The van der Waals surface area contributed by atoms with E-state index in [9.17, 15) is 30.3 Å². The van der Waals surface area contributed by atoms with Gasteiger partial charge in [0, 0.05) is 0 Å². The molecule has 5 atom stereocenters. The van der Waals surface area contributed by atoms with E-state index in [-0.39, 0.29) is 22.8 Å². The number of carbonyl (C=O) groups excluding carboxylic acids is 1. The van der Waals surface area contributed by atoms with Crippen LogP contribution < -0.4 is 9.47 Å². The number of aryl methyl sites for hydroxylation is 2. The van der Waals surface area contributed by atoms with Crippen LogP contribution in [-0.2, 0) is 9.47 Å². The summed E-state index contributed by atoms with van der Waals surface area (Å²) >= 11 is 0. The highest BCUT2D eigenvalue weighted by atomic mass is 16.7. The van der Waals surface area contributed by atoms with Crippen LogP contribution in [0.15, 0.2) is 30.3 Å². The molecule has 2 aromatic carbocycles. The number of carbonyl (C=O) groups is 1. The molecule has 3 rings (SSSR count). The maximum Gasteiger partial charge on any atom is 0.338 e. The van der Waals surface area contributed by atoms with Gasteiger partial charge in [-0.3, -0.25) is 0 Å². The number of aliphatic hydroxyl groups excluding tert-OH is 3. The van der Waals surface area contributed by atoms with Crippen molar-refractivity contribution in [1.82, 2.24) is 0 Å². The maximum absolute atomic E-state index is 12.3. The van der Waals surface area contributed by atoms with Crippen LogP contribution in [0.25, 0.3) is 0 Å². The van der Waals surface area contributed by atoms with Crippen LogP contribution in [0.4, 0.5) is 0 Å². The lowest BCUT2D eigenvalue weighted by Gasteiger charge is -2.40. The van der Waals surface area contributed by atoms with E-state index in [1.165, 1.54) is 31.4 Å². The Labute approximate surface area is 184 Å². The Balaban J connectivity index is 1.70. The van der Waals surface area contributed by atoms with E-state index in [2.05, 4.69) is 0 Å². The van der Waals surface area contributed by atoms with Crippen molar-refractivity contribution in [2.24, 2.45) is 0 Å². The second-order valence-electron chi connectivity index (χ2n) is 7.52. The molecule has 10 heteroatoms. The third-order valence-electron chi connectivity index (χ3n) is 5.20. The fourth-order valence-electron chi connectivity index (χ4n) is 3.22. The van der Waals surface area contributed by atoms with E-state index < -0.39 is 43.3 Å². The van der Waals surface area contributed by atoms with Crippen molar-refractivity contribution < 1.29 is 49.3 Å². The van der Waals surface area contributed by atoms with Gasteiger partial charge < -0.3 is 44.5 Å². The molecule has 0 unspecified atom stereocenters. The van der Waals surface area contributed by atoms with Crippen LogP contribution in [0.3, 0.4) is 0 Å². The molecule has 0 bridgehead atoms. The summed E-state index contributed by atoms with van der Waals surface area (Å²) < 4.78 is 21.4. The van der Waals surface area contributed by atoms with Crippen molar-refractivity contribution in [2.45, 2.75) is 44.6 Å². The highest BCUT2D eigenvalue weighted by molar-refractivity contribution is 5.90. The Morgan fingerprint density at radius 2 is 1.66 bits per heavy atom. The molecular weight excluding hydrogens is 424 g/mol. The van der Waals surface area contributed by atoms with Crippen molar-refractivity contribution in [3.63, 3.8) is 0 Å². The van der Waals surface area contributed by atoms with E-state index in [4.69, 9.17) is 18.9 Å². The molecule has 0 aliphatic carbocycles. The van der Waals surface area contributed by atoms with Gasteiger partial charge in [0.2, 0.25) is 6.29 Å². The lowest BCUT2D eigenvalue weighted by atomic mass is 9.99. The number of hydrogen-bond donors (Lipinski definition) is 5. The van der Waals surface area contributed by atoms with Crippen LogP contribution in [0.5, 0.6) is 23.0 Å². The number of esters is 1. The summed E-state index contributed by atoms with van der Waals surface area (Å²) in [6.45, 7) is 2.90. The summed E-state index contributed by atoms with van der Waals surface area (Å²) in [6, 6.07) is 6.92. The molecule has 1 heterocycles. The van der Waals surface area contributed by atoms with Crippen molar-refractivity contribution in [1.29, 1.82) is 0 Å². The highest BCUT2D eigenvalue weighted by Gasteiger charge is 2.45. The highest BCUT2D eigenvalue weighted by Crippen LogP contribution is 2.31.